The maximum atomic E-state index is 13.5. The lowest BCUT2D eigenvalue weighted by atomic mass is 9.98. The molecule has 0 fully saturated rings. The molecule has 0 saturated heterocycles. The summed E-state index contributed by atoms with van der Waals surface area (Å²) in [4.78, 5) is 0. The lowest BCUT2D eigenvalue weighted by Crippen LogP contribution is -2.50. The number of halogens is 1. The molecule has 1 atom stereocenters. The summed E-state index contributed by atoms with van der Waals surface area (Å²) in [6.07, 6.45) is 0.606. The standard InChI is InChI=1S/C15H24FNO2/c1-11(2)17-15(4,10-18)7-8-19-14-9-12(3)5-6-13(14)16/h5-6,9,11,17-18H,7-8,10H2,1-4H3. The fourth-order valence-electron chi connectivity index (χ4n) is 2.00. The van der Waals surface area contributed by atoms with Gasteiger partial charge in [-0.25, -0.2) is 4.39 Å². The van der Waals surface area contributed by atoms with Gasteiger partial charge in [0.25, 0.3) is 0 Å². The second-order valence-corrected chi connectivity index (χ2v) is 5.55. The van der Waals surface area contributed by atoms with E-state index in [9.17, 15) is 9.50 Å². The first-order chi connectivity index (χ1) is 8.86. The van der Waals surface area contributed by atoms with E-state index in [0.29, 0.717) is 13.0 Å². The first-order valence-electron chi connectivity index (χ1n) is 6.64. The summed E-state index contributed by atoms with van der Waals surface area (Å²) < 4.78 is 19.0. The minimum absolute atomic E-state index is 0.0187. The van der Waals surface area contributed by atoms with Crippen LogP contribution in [0.15, 0.2) is 18.2 Å². The molecular formula is C15H24FNO2. The lowest BCUT2D eigenvalue weighted by Gasteiger charge is -2.31. The summed E-state index contributed by atoms with van der Waals surface area (Å²) in [6, 6.07) is 5.07. The Hall–Kier alpha value is -1.13. The molecule has 0 spiro atoms. The molecule has 1 unspecified atom stereocenters. The smallest absolute Gasteiger partial charge is 0.165 e. The van der Waals surface area contributed by atoms with Gasteiger partial charge in [0.2, 0.25) is 0 Å². The Balaban J connectivity index is 2.55. The van der Waals surface area contributed by atoms with Gasteiger partial charge in [0, 0.05) is 18.0 Å². The zero-order valence-electron chi connectivity index (χ0n) is 12.2. The van der Waals surface area contributed by atoms with Crippen LogP contribution in [0, 0.1) is 12.7 Å². The van der Waals surface area contributed by atoms with Crippen molar-refractivity contribution in [3.63, 3.8) is 0 Å². The highest BCUT2D eigenvalue weighted by Gasteiger charge is 2.23. The van der Waals surface area contributed by atoms with Gasteiger partial charge in [-0.15, -0.1) is 0 Å². The van der Waals surface area contributed by atoms with Crippen LogP contribution in [-0.4, -0.2) is 29.9 Å². The molecule has 0 aliphatic rings. The van der Waals surface area contributed by atoms with E-state index in [-0.39, 0.29) is 24.2 Å². The molecule has 0 heterocycles. The molecular weight excluding hydrogens is 245 g/mol. The normalized spacial score (nSPS) is 14.5. The minimum Gasteiger partial charge on any atom is -0.490 e. The van der Waals surface area contributed by atoms with Crippen LogP contribution in [0.4, 0.5) is 4.39 Å². The van der Waals surface area contributed by atoms with Crippen LogP contribution in [0.5, 0.6) is 5.75 Å². The van der Waals surface area contributed by atoms with E-state index >= 15 is 0 Å². The highest BCUT2D eigenvalue weighted by molar-refractivity contribution is 5.29. The van der Waals surface area contributed by atoms with Crippen molar-refractivity contribution in [3.8, 4) is 5.75 Å². The van der Waals surface area contributed by atoms with Gasteiger partial charge >= 0.3 is 0 Å². The number of aliphatic hydroxyl groups excluding tert-OH is 1. The van der Waals surface area contributed by atoms with Gasteiger partial charge in [0.1, 0.15) is 0 Å². The van der Waals surface area contributed by atoms with Gasteiger partial charge in [-0.1, -0.05) is 19.9 Å². The summed E-state index contributed by atoms with van der Waals surface area (Å²) in [5.74, 6) is -0.0852. The van der Waals surface area contributed by atoms with Gasteiger partial charge in [-0.05, 0) is 31.5 Å². The van der Waals surface area contributed by atoms with E-state index < -0.39 is 5.54 Å². The van der Waals surface area contributed by atoms with Gasteiger partial charge in [-0.3, -0.25) is 0 Å². The molecule has 3 nitrogen and oxygen atoms in total. The molecule has 0 amide bonds. The van der Waals surface area contributed by atoms with Crippen LogP contribution in [-0.2, 0) is 0 Å². The van der Waals surface area contributed by atoms with Crippen LogP contribution >= 0.6 is 0 Å². The van der Waals surface area contributed by atoms with E-state index in [2.05, 4.69) is 5.32 Å². The van der Waals surface area contributed by atoms with Crippen LogP contribution in [0.3, 0.4) is 0 Å². The van der Waals surface area contributed by atoms with Crippen molar-refractivity contribution in [2.45, 2.75) is 45.7 Å². The molecule has 4 heteroatoms. The monoisotopic (exact) mass is 269 g/mol. The van der Waals surface area contributed by atoms with E-state index in [1.165, 1.54) is 6.07 Å². The first kappa shape index (κ1) is 15.9. The maximum absolute atomic E-state index is 13.5. The first-order valence-corrected chi connectivity index (χ1v) is 6.64. The Labute approximate surface area is 114 Å². The maximum Gasteiger partial charge on any atom is 0.165 e. The van der Waals surface area contributed by atoms with Gasteiger partial charge in [-0.2, -0.15) is 0 Å². The number of nitrogens with one attached hydrogen (secondary N) is 1. The van der Waals surface area contributed by atoms with Crippen molar-refractivity contribution < 1.29 is 14.2 Å². The van der Waals surface area contributed by atoms with E-state index in [4.69, 9.17) is 4.74 Å². The lowest BCUT2D eigenvalue weighted by molar-refractivity contribution is 0.135. The number of benzene rings is 1. The third kappa shape index (κ3) is 5.17. The molecule has 1 rings (SSSR count). The second kappa shape index (κ2) is 6.87. The summed E-state index contributed by atoms with van der Waals surface area (Å²) >= 11 is 0. The van der Waals surface area contributed by atoms with Gasteiger partial charge in [0.05, 0.1) is 13.2 Å². The predicted octanol–water partition coefficient (Wildman–Crippen LogP) is 2.65. The highest BCUT2D eigenvalue weighted by atomic mass is 19.1. The molecule has 0 bridgehead atoms. The summed E-state index contributed by atoms with van der Waals surface area (Å²) in [7, 11) is 0. The minimum atomic E-state index is -0.408. The third-order valence-corrected chi connectivity index (χ3v) is 2.98. The molecule has 1 aromatic carbocycles. The molecule has 108 valence electrons. The number of hydrogen-bond acceptors (Lipinski definition) is 3. The predicted molar refractivity (Wildman–Crippen MR) is 75.0 cm³/mol. The molecule has 1 aromatic rings. The number of hydrogen-bond donors (Lipinski definition) is 2. The SMILES string of the molecule is Cc1ccc(F)c(OCCC(C)(CO)NC(C)C)c1. The van der Waals surface area contributed by atoms with Crippen LogP contribution in [0.1, 0.15) is 32.8 Å². The van der Waals surface area contributed by atoms with Crippen molar-refractivity contribution in [1.29, 1.82) is 0 Å². The Morgan fingerprint density at radius 1 is 1.42 bits per heavy atom. The van der Waals surface area contributed by atoms with Crippen LogP contribution in [0.2, 0.25) is 0 Å². The molecule has 0 radical (unpaired) electrons. The zero-order chi connectivity index (χ0) is 14.5. The quantitative estimate of drug-likeness (QED) is 0.799. The Kier molecular flexibility index (Phi) is 5.76. The molecule has 0 saturated carbocycles. The molecule has 0 aliphatic carbocycles. The third-order valence-electron chi connectivity index (χ3n) is 2.98. The van der Waals surface area contributed by atoms with Crippen molar-refractivity contribution in [2.75, 3.05) is 13.2 Å². The fourth-order valence-corrected chi connectivity index (χ4v) is 2.00. The average Bonchev–Trinajstić information content (AvgIpc) is 2.32. The molecule has 0 aliphatic heterocycles. The number of rotatable bonds is 7. The zero-order valence-corrected chi connectivity index (χ0v) is 12.2. The van der Waals surface area contributed by atoms with Crippen molar-refractivity contribution in [3.05, 3.63) is 29.6 Å². The number of ether oxygens (including phenoxy) is 1. The van der Waals surface area contributed by atoms with Gasteiger partial charge in [0.15, 0.2) is 11.6 Å². The Morgan fingerprint density at radius 3 is 2.68 bits per heavy atom. The number of aryl methyl sites for hydroxylation is 1. The summed E-state index contributed by atoms with van der Waals surface area (Å²) in [5.41, 5.74) is 0.552. The van der Waals surface area contributed by atoms with E-state index in [1.54, 1.807) is 12.1 Å². The van der Waals surface area contributed by atoms with E-state index in [0.717, 1.165) is 5.56 Å². The van der Waals surface area contributed by atoms with E-state index in [1.807, 2.05) is 27.7 Å². The Morgan fingerprint density at radius 2 is 2.11 bits per heavy atom. The largest absolute Gasteiger partial charge is 0.490 e. The summed E-state index contributed by atoms with van der Waals surface area (Å²) in [6.45, 7) is 8.25. The Bertz CT molecular complexity index is 409. The highest BCUT2D eigenvalue weighted by Crippen LogP contribution is 2.19. The summed E-state index contributed by atoms with van der Waals surface area (Å²) in [5, 5.41) is 12.7. The fraction of sp³-hybridized carbons (Fsp3) is 0.600. The van der Waals surface area contributed by atoms with Crippen molar-refractivity contribution in [2.24, 2.45) is 0 Å². The van der Waals surface area contributed by atoms with Gasteiger partial charge < -0.3 is 15.2 Å². The van der Waals surface area contributed by atoms with Crippen molar-refractivity contribution >= 4 is 0 Å². The number of aliphatic hydroxyl groups is 1. The average molecular weight is 269 g/mol. The van der Waals surface area contributed by atoms with Crippen molar-refractivity contribution in [1.82, 2.24) is 5.32 Å². The second-order valence-electron chi connectivity index (χ2n) is 5.55. The topological polar surface area (TPSA) is 41.5 Å². The van der Waals surface area contributed by atoms with Crippen LogP contribution < -0.4 is 10.1 Å². The molecule has 19 heavy (non-hydrogen) atoms. The van der Waals surface area contributed by atoms with Crippen LogP contribution in [0.25, 0.3) is 0 Å². The molecule has 0 aromatic heterocycles. The molecule has 2 N–H and O–H groups in total.